The van der Waals surface area contributed by atoms with Gasteiger partial charge < -0.3 is 5.11 Å². The fourth-order valence-electron chi connectivity index (χ4n) is 7.04. The Balaban J connectivity index is 1.42. The second-order valence-electron chi connectivity index (χ2n) is 10.6. The lowest BCUT2D eigenvalue weighted by atomic mass is 9.47. The number of anilines is 1. The van der Waals surface area contributed by atoms with Crippen molar-refractivity contribution < 1.29 is 24.4 Å². The standard InChI is InChI=1S/C32H21ClN4O6/c33-17-13-14-23(24(15-17)37(42)43)36-30(40)27-26-18-7-1-4-10-21(18)32(28(27)31(36)41,22-11-5-2-8-19(22)26)16-34-35-29(39)20-9-3-6-12-25(20)38/h1-16,26-28,38H,(H,35,39)/b34-16+/t26?,27-,28+,32?/m1/s1. The van der Waals surface area contributed by atoms with Crippen molar-refractivity contribution in [3.05, 3.63) is 134 Å². The quantitative estimate of drug-likeness (QED) is 0.146. The van der Waals surface area contributed by atoms with Crippen molar-refractivity contribution in [3.63, 3.8) is 0 Å². The summed E-state index contributed by atoms with van der Waals surface area (Å²) in [5.74, 6) is -4.47. The topological polar surface area (TPSA) is 142 Å². The van der Waals surface area contributed by atoms with Gasteiger partial charge in [0.1, 0.15) is 11.4 Å². The molecule has 2 bridgehead atoms. The first kappa shape index (κ1) is 26.5. The zero-order valence-corrected chi connectivity index (χ0v) is 22.9. The largest absolute Gasteiger partial charge is 0.507 e. The normalized spacial score (nSPS) is 23.2. The Morgan fingerprint density at radius 3 is 2.23 bits per heavy atom. The number of halogens is 1. The van der Waals surface area contributed by atoms with Gasteiger partial charge in [0.15, 0.2) is 0 Å². The monoisotopic (exact) mass is 592 g/mol. The van der Waals surface area contributed by atoms with Gasteiger partial charge in [-0.15, -0.1) is 0 Å². The van der Waals surface area contributed by atoms with E-state index in [4.69, 9.17) is 11.6 Å². The van der Waals surface area contributed by atoms with Crippen molar-refractivity contribution in [2.45, 2.75) is 11.3 Å². The van der Waals surface area contributed by atoms with Crippen molar-refractivity contribution in [1.82, 2.24) is 5.43 Å². The third kappa shape index (κ3) is 3.66. The number of hydrogen-bond acceptors (Lipinski definition) is 7. The minimum Gasteiger partial charge on any atom is -0.507 e. The van der Waals surface area contributed by atoms with Gasteiger partial charge in [-0.05, 0) is 46.5 Å². The highest BCUT2D eigenvalue weighted by Gasteiger charge is 2.68. The zero-order chi connectivity index (χ0) is 30.0. The highest BCUT2D eigenvalue weighted by molar-refractivity contribution is 6.31. The number of phenols is 1. The van der Waals surface area contributed by atoms with E-state index < -0.39 is 51.5 Å². The van der Waals surface area contributed by atoms with E-state index in [1.165, 1.54) is 30.5 Å². The number of hydrogen-bond donors (Lipinski definition) is 2. The number of para-hydroxylation sites is 1. The molecule has 4 aromatic rings. The lowest BCUT2D eigenvalue weighted by Crippen LogP contribution is -2.54. The number of benzene rings is 4. The molecule has 0 saturated carbocycles. The Labute approximate surface area is 249 Å². The molecule has 3 aliphatic carbocycles. The van der Waals surface area contributed by atoms with Crippen LogP contribution in [0.5, 0.6) is 5.75 Å². The molecular formula is C32H21ClN4O6. The number of aromatic hydroxyl groups is 1. The van der Waals surface area contributed by atoms with Crippen LogP contribution < -0.4 is 10.3 Å². The van der Waals surface area contributed by atoms with E-state index in [1.807, 2.05) is 48.5 Å². The average molecular weight is 593 g/mol. The Morgan fingerprint density at radius 2 is 1.58 bits per heavy atom. The summed E-state index contributed by atoms with van der Waals surface area (Å²) in [6.45, 7) is 0. The highest BCUT2D eigenvalue weighted by Crippen LogP contribution is 2.64. The highest BCUT2D eigenvalue weighted by atomic mass is 35.5. The van der Waals surface area contributed by atoms with Gasteiger partial charge in [0.05, 0.1) is 27.7 Å². The molecule has 4 aliphatic rings. The van der Waals surface area contributed by atoms with Gasteiger partial charge in [-0.2, -0.15) is 5.10 Å². The van der Waals surface area contributed by atoms with E-state index in [9.17, 15) is 29.6 Å². The first-order valence-electron chi connectivity index (χ1n) is 13.4. The number of nitro benzene ring substituents is 1. The first-order chi connectivity index (χ1) is 20.8. The summed E-state index contributed by atoms with van der Waals surface area (Å²) in [5, 5.41) is 26.5. The van der Waals surface area contributed by atoms with Crippen molar-refractivity contribution in [1.29, 1.82) is 0 Å². The predicted molar refractivity (Wildman–Crippen MR) is 157 cm³/mol. The molecule has 0 radical (unpaired) electrons. The summed E-state index contributed by atoms with van der Waals surface area (Å²) in [4.78, 5) is 53.9. The molecule has 10 nitrogen and oxygen atoms in total. The molecule has 1 fully saturated rings. The Morgan fingerprint density at radius 1 is 0.953 bits per heavy atom. The van der Waals surface area contributed by atoms with E-state index in [0.29, 0.717) is 0 Å². The summed E-state index contributed by atoms with van der Waals surface area (Å²) in [7, 11) is 0. The number of hydrazone groups is 1. The minimum absolute atomic E-state index is 0.0107. The van der Waals surface area contributed by atoms with E-state index in [1.54, 1.807) is 12.1 Å². The number of carbonyl (C=O) groups excluding carboxylic acids is 3. The molecule has 0 aromatic heterocycles. The fourth-order valence-corrected chi connectivity index (χ4v) is 7.20. The fraction of sp³-hybridized carbons (Fsp3) is 0.125. The molecule has 8 rings (SSSR count). The molecule has 43 heavy (non-hydrogen) atoms. The number of carbonyl (C=O) groups is 3. The van der Waals surface area contributed by atoms with Gasteiger partial charge in [0.25, 0.3) is 11.6 Å². The van der Waals surface area contributed by atoms with Crippen LogP contribution >= 0.6 is 11.6 Å². The summed E-state index contributed by atoms with van der Waals surface area (Å²) < 4.78 is 0. The van der Waals surface area contributed by atoms with Crippen LogP contribution in [0.2, 0.25) is 5.02 Å². The smallest absolute Gasteiger partial charge is 0.294 e. The van der Waals surface area contributed by atoms with Crippen molar-refractivity contribution in [3.8, 4) is 5.75 Å². The van der Waals surface area contributed by atoms with Crippen LogP contribution in [0.4, 0.5) is 11.4 Å². The lowest BCUT2D eigenvalue weighted by Gasteiger charge is -2.52. The molecule has 3 amide bonds. The van der Waals surface area contributed by atoms with Gasteiger partial charge in [-0.1, -0.05) is 72.3 Å². The third-order valence-corrected chi connectivity index (χ3v) is 8.88. The molecular weight excluding hydrogens is 572 g/mol. The minimum atomic E-state index is -1.30. The van der Waals surface area contributed by atoms with Gasteiger partial charge in [0.2, 0.25) is 11.8 Å². The van der Waals surface area contributed by atoms with Gasteiger partial charge in [-0.3, -0.25) is 24.5 Å². The first-order valence-corrected chi connectivity index (χ1v) is 13.8. The molecule has 11 heteroatoms. The molecule has 1 aliphatic heterocycles. The van der Waals surface area contributed by atoms with Crippen LogP contribution in [0, 0.1) is 22.0 Å². The molecule has 2 atom stereocenters. The number of imide groups is 1. The second kappa shape index (κ2) is 9.60. The Kier molecular flexibility index (Phi) is 5.93. The molecule has 1 saturated heterocycles. The summed E-state index contributed by atoms with van der Waals surface area (Å²) >= 11 is 6.04. The number of phenolic OH excluding ortho intramolecular Hbond substituents is 1. The van der Waals surface area contributed by atoms with Crippen LogP contribution in [-0.2, 0) is 15.0 Å². The number of rotatable bonds is 5. The maximum Gasteiger partial charge on any atom is 0.294 e. The van der Waals surface area contributed by atoms with Gasteiger partial charge >= 0.3 is 0 Å². The molecule has 1 heterocycles. The van der Waals surface area contributed by atoms with Crippen molar-refractivity contribution >= 4 is 46.9 Å². The molecule has 0 unspecified atom stereocenters. The van der Waals surface area contributed by atoms with Crippen LogP contribution in [0.25, 0.3) is 0 Å². The van der Waals surface area contributed by atoms with E-state index in [0.717, 1.165) is 33.2 Å². The maximum atomic E-state index is 14.5. The average Bonchev–Trinajstić information content (AvgIpc) is 3.28. The van der Waals surface area contributed by atoms with Crippen molar-refractivity contribution in [2.75, 3.05) is 4.90 Å². The third-order valence-electron chi connectivity index (χ3n) is 8.64. The van der Waals surface area contributed by atoms with Crippen LogP contribution in [0.3, 0.4) is 0 Å². The number of amides is 3. The summed E-state index contributed by atoms with van der Waals surface area (Å²) in [6.07, 6.45) is 1.47. The number of nitro groups is 1. The summed E-state index contributed by atoms with van der Waals surface area (Å²) in [5.41, 5.74) is 3.69. The molecule has 4 aromatic carbocycles. The van der Waals surface area contributed by atoms with Crippen LogP contribution in [0.15, 0.2) is 96.1 Å². The van der Waals surface area contributed by atoms with Crippen LogP contribution in [-0.4, -0.2) is 34.0 Å². The number of nitrogens with zero attached hydrogens (tertiary/aromatic N) is 3. The molecule has 2 N–H and O–H groups in total. The van der Waals surface area contributed by atoms with Gasteiger partial charge in [0, 0.05) is 23.2 Å². The molecule has 0 spiro atoms. The number of nitrogens with one attached hydrogen (secondary N) is 1. The van der Waals surface area contributed by atoms with E-state index >= 15 is 0 Å². The maximum absolute atomic E-state index is 14.5. The SMILES string of the molecule is O=C(N/N=C/C12c3ccccc3C(c3ccccc31)[C@H]1C(=O)N(c3ccc(Cl)cc3[N+](=O)[O-])C(=O)[C@H]12)c1ccccc1O. The zero-order valence-electron chi connectivity index (χ0n) is 22.2. The van der Waals surface area contributed by atoms with E-state index in [-0.39, 0.29) is 22.0 Å². The summed E-state index contributed by atoms with van der Waals surface area (Å²) in [6, 6.07) is 24.7. The second-order valence-corrected chi connectivity index (χ2v) is 11.1. The van der Waals surface area contributed by atoms with Gasteiger partial charge in [-0.25, -0.2) is 10.3 Å². The van der Waals surface area contributed by atoms with Crippen molar-refractivity contribution in [2.24, 2.45) is 16.9 Å². The molecule has 212 valence electrons. The predicted octanol–water partition coefficient (Wildman–Crippen LogP) is 4.92. The van der Waals surface area contributed by atoms with E-state index in [2.05, 4.69) is 10.5 Å². The van der Waals surface area contributed by atoms with Crippen LogP contribution in [0.1, 0.15) is 38.5 Å². The Hall–Kier alpha value is -5.35. The Bertz CT molecular complexity index is 1880. The lowest BCUT2D eigenvalue weighted by molar-refractivity contribution is -0.384.